The fourth-order valence-electron chi connectivity index (χ4n) is 2.41. The molecule has 1 aliphatic heterocycles. The molecule has 1 heterocycles. The molecule has 0 radical (unpaired) electrons. The Labute approximate surface area is 122 Å². The molecule has 1 fully saturated rings. The van der Waals surface area contributed by atoms with E-state index in [2.05, 4.69) is 10.6 Å². The number of nitrogens with one attached hydrogen (secondary N) is 2. The normalized spacial score (nSPS) is 22.8. The summed E-state index contributed by atoms with van der Waals surface area (Å²) in [5.74, 6) is -0.206. The van der Waals surface area contributed by atoms with Crippen molar-refractivity contribution in [2.75, 3.05) is 6.54 Å². The quantitative estimate of drug-likeness (QED) is 0.562. The number of aryl methyl sites for hydroxylation is 1. The molecule has 7 heteroatoms. The predicted octanol–water partition coefficient (Wildman–Crippen LogP) is 0.803. The van der Waals surface area contributed by atoms with Crippen LogP contribution in [0.3, 0.4) is 0 Å². The second-order valence-electron chi connectivity index (χ2n) is 5.38. The number of carbonyl (C=O) groups excluding carboxylic acids is 1. The van der Waals surface area contributed by atoms with Crippen molar-refractivity contribution in [1.82, 2.24) is 10.6 Å². The van der Waals surface area contributed by atoms with Gasteiger partial charge < -0.3 is 15.7 Å². The number of β-amino-alcohol motifs (C(OH)–C–C–N with tert-alkyl or cyclic N) is 1. The van der Waals surface area contributed by atoms with Crippen LogP contribution >= 0.6 is 0 Å². The highest BCUT2D eigenvalue weighted by Crippen LogP contribution is 2.23. The summed E-state index contributed by atoms with van der Waals surface area (Å²) < 4.78 is 0. The van der Waals surface area contributed by atoms with Gasteiger partial charge in [0.05, 0.1) is 23.1 Å². The van der Waals surface area contributed by atoms with E-state index in [1.165, 1.54) is 6.07 Å². The van der Waals surface area contributed by atoms with Gasteiger partial charge >= 0.3 is 0 Å². The van der Waals surface area contributed by atoms with Crippen LogP contribution in [-0.4, -0.2) is 34.6 Å². The molecular weight excluding hydrogens is 274 g/mol. The zero-order chi connectivity index (χ0) is 15.6. The zero-order valence-electron chi connectivity index (χ0n) is 12.0. The van der Waals surface area contributed by atoms with Gasteiger partial charge in [-0.2, -0.15) is 0 Å². The molecule has 0 spiro atoms. The fraction of sp³-hybridized carbons (Fsp3) is 0.500. The molecule has 0 aliphatic carbocycles. The van der Waals surface area contributed by atoms with Crippen LogP contribution in [0.1, 0.15) is 30.5 Å². The standard InChI is InChI=1S/C14H19N3O4/c1-8-3-4-10(5-13(8)17(20)21)9(2)16-14(19)12-6-11(18)7-15-12/h3-5,9,11-12,15,18H,6-7H2,1-2H3,(H,16,19). The Morgan fingerprint density at radius 1 is 1.57 bits per heavy atom. The van der Waals surface area contributed by atoms with Crippen LogP contribution in [0.25, 0.3) is 0 Å². The maximum absolute atomic E-state index is 12.0. The first-order chi connectivity index (χ1) is 9.88. The topological polar surface area (TPSA) is 104 Å². The summed E-state index contributed by atoms with van der Waals surface area (Å²) in [7, 11) is 0. The molecule has 2 rings (SSSR count). The van der Waals surface area contributed by atoms with Gasteiger partial charge in [0, 0.05) is 18.2 Å². The lowest BCUT2D eigenvalue weighted by atomic mass is 10.0. The molecular formula is C14H19N3O4. The minimum absolute atomic E-state index is 0.0445. The maximum Gasteiger partial charge on any atom is 0.272 e. The van der Waals surface area contributed by atoms with Crippen molar-refractivity contribution in [3.8, 4) is 0 Å². The van der Waals surface area contributed by atoms with Gasteiger partial charge in [-0.05, 0) is 25.8 Å². The molecule has 1 amide bonds. The van der Waals surface area contributed by atoms with E-state index in [4.69, 9.17) is 0 Å². The molecule has 1 aromatic rings. The summed E-state index contributed by atoms with van der Waals surface area (Å²) in [6, 6.07) is 4.17. The van der Waals surface area contributed by atoms with Crippen molar-refractivity contribution >= 4 is 11.6 Å². The average molecular weight is 293 g/mol. The Hall–Kier alpha value is -1.99. The second-order valence-corrected chi connectivity index (χ2v) is 5.38. The van der Waals surface area contributed by atoms with Crippen LogP contribution in [0.5, 0.6) is 0 Å². The molecule has 3 atom stereocenters. The number of aliphatic hydroxyl groups excluding tert-OH is 1. The van der Waals surface area contributed by atoms with Crippen molar-refractivity contribution in [3.05, 3.63) is 39.4 Å². The number of amides is 1. The highest BCUT2D eigenvalue weighted by Gasteiger charge is 2.29. The third kappa shape index (κ3) is 3.56. The highest BCUT2D eigenvalue weighted by atomic mass is 16.6. The van der Waals surface area contributed by atoms with Gasteiger partial charge in [0.25, 0.3) is 5.69 Å². The number of rotatable bonds is 4. The van der Waals surface area contributed by atoms with Gasteiger partial charge in [-0.1, -0.05) is 12.1 Å². The van der Waals surface area contributed by atoms with E-state index in [0.29, 0.717) is 24.1 Å². The third-order valence-corrected chi connectivity index (χ3v) is 3.71. The van der Waals surface area contributed by atoms with E-state index in [1.807, 2.05) is 0 Å². The summed E-state index contributed by atoms with van der Waals surface area (Å²) >= 11 is 0. The third-order valence-electron chi connectivity index (χ3n) is 3.71. The Morgan fingerprint density at radius 3 is 2.86 bits per heavy atom. The summed E-state index contributed by atoms with van der Waals surface area (Å²) in [6.45, 7) is 3.86. The number of hydrogen-bond donors (Lipinski definition) is 3. The summed E-state index contributed by atoms with van der Waals surface area (Å²) in [6.07, 6.45) is -0.122. The van der Waals surface area contributed by atoms with Crippen molar-refractivity contribution in [2.45, 2.75) is 38.5 Å². The largest absolute Gasteiger partial charge is 0.392 e. The average Bonchev–Trinajstić information content (AvgIpc) is 2.85. The number of hydrogen-bond acceptors (Lipinski definition) is 5. The van der Waals surface area contributed by atoms with Gasteiger partial charge in [-0.3, -0.25) is 14.9 Å². The number of carbonyl (C=O) groups is 1. The lowest BCUT2D eigenvalue weighted by molar-refractivity contribution is -0.385. The molecule has 114 valence electrons. The molecule has 21 heavy (non-hydrogen) atoms. The minimum atomic E-state index is -0.503. The molecule has 1 aromatic carbocycles. The van der Waals surface area contributed by atoms with E-state index in [9.17, 15) is 20.0 Å². The van der Waals surface area contributed by atoms with Crippen LogP contribution in [0, 0.1) is 17.0 Å². The molecule has 7 nitrogen and oxygen atoms in total. The lowest BCUT2D eigenvalue weighted by Gasteiger charge is -2.17. The number of aliphatic hydroxyl groups is 1. The van der Waals surface area contributed by atoms with Gasteiger partial charge in [0.1, 0.15) is 0 Å². The zero-order valence-corrected chi connectivity index (χ0v) is 12.0. The summed E-state index contributed by atoms with van der Waals surface area (Å²) in [5.41, 5.74) is 1.31. The maximum atomic E-state index is 12.0. The first-order valence-electron chi connectivity index (χ1n) is 6.85. The van der Waals surface area contributed by atoms with Gasteiger partial charge in [-0.25, -0.2) is 0 Å². The van der Waals surface area contributed by atoms with Crippen LogP contribution in [-0.2, 0) is 4.79 Å². The van der Waals surface area contributed by atoms with Gasteiger partial charge in [0.15, 0.2) is 0 Å². The van der Waals surface area contributed by atoms with Crippen LogP contribution in [0.15, 0.2) is 18.2 Å². The Kier molecular flexibility index (Phi) is 4.54. The van der Waals surface area contributed by atoms with E-state index in [0.717, 1.165) is 0 Å². The fourth-order valence-corrected chi connectivity index (χ4v) is 2.41. The molecule has 1 saturated heterocycles. The summed E-state index contributed by atoms with van der Waals surface area (Å²) in [5, 5.41) is 26.1. The molecule has 0 saturated carbocycles. The van der Waals surface area contributed by atoms with Gasteiger partial charge in [0.2, 0.25) is 5.91 Å². The number of nitro groups is 1. The first-order valence-corrected chi connectivity index (χ1v) is 6.85. The van der Waals surface area contributed by atoms with E-state index in [1.54, 1.807) is 26.0 Å². The Balaban J connectivity index is 2.06. The van der Waals surface area contributed by atoms with Crippen molar-refractivity contribution in [2.24, 2.45) is 0 Å². The van der Waals surface area contributed by atoms with Crippen LogP contribution in [0.2, 0.25) is 0 Å². The Bertz CT molecular complexity index is 561. The molecule has 0 aromatic heterocycles. The number of nitrogens with zero attached hydrogens (tertiary/aromatic N) is 1. The predicted molar refractivity (Wildman–Crippen MR) is 76.8 cm³/mol. The van der Waals surface area contributed by atoms with Gasteiger partial charge in [-0.15, -0.1) is 0 Å². The smallest absolute Gasteiger partial charge is 0.272 e. The van der Waals surface area contributed by atoms with Crippen LogP contribution in [0.4, 0.5) is 5.69 Å². The highest BCUT2D eigenvalue weighted by molar-refractivity contribution is 5.82. The van der Waals surface area contributed by atoms with Crippen molar-refractivity contribution in [1.29, 1.82) is 0 Å². The second kappa shape index (κ2) is 6.19. The SMILES string of the molecule is Cc1ccc(C(C)NC(=O)C2CC(O)CN2)cc1[N+](=O)[O-]. The van der Waals surface area contributed by atoms with Crippen LogP contribution < -0.4 is 10.6 Å². The molecule has 1 aliphatic rings. The van der Waals surface area contributed by atoms with Crippen molar-refractivity contribution in [3.63, 3.8) is 0 Å². The minimum Gasteiger partial charge on any atom is -0.392 e. The van der Waals surface area contributed by atoms with E-state index in [-0.39, 0.29) is 17.6 Å². The lowest BCUT2D eigenvalue weighted by Crippen LogP contribution is -2.41. The van der Waals surface area contributed by atoms with E-state index >= 15 is 0 Å². The molecule has 3 N–H and O–H groups in total. The molecule has 0 bridgehead atoms. The number of benzene rings is 1. The first kappa shape index (κ1) is 15.4. The van der Waals surface area contributed by atoms with E-state index < -0.39 is 17.1 Å². The van der Waals surface area contributed by atoms with Crippen molar-refractivity contribution < 1.29 is 14.8 Å². The Morgan fingerprint density at radius 2 is 2.29 bits per heavy atom. The summed E-state index contributed by atoms with van der Waals surface area (Å²) in [4.78, 5) is 22.6. The molecule has 3 unspecified atom stereocenters. The monoisotopic (exact) mass is 293 g/mol. The number of nitro benzene ring substituents is 1.